The lowest BCUT2D eigenvalue weighted by Crippen LogP contribution is -2.40. The summed E-state index contributed by atoms with van der Waals surface area (Å²) in [5, 5.41) is 6.56. The topological polar surface area (TPSA) is 67.8 Å². The van der Waals surface area contributed by atoms with E-state index in [2.05, 4.69) is 20.6 Å². The first kappa shape index (κ1) is 15.6. The quantitative estimate of drug-likeness (QED) is 0.611. The lowest BCUT2D eigenvalue weighted by Gasteiger charge is -2.15. The molecule has 1 aliphatic rings. The highest BCUT2D eigenvalue weighted by Gasteiger charge is 2.15. The summed E-state index contributed by atoms with van der Waals surface area (Å²) in [5.74, 6) is 1.43. The van der Waals surface area contributed by atoms with E-state index in [1.165, 1.54) is 0 Å². The standard InChI is InChI=1S/C15H24N4O2/c1-3-20-14-12(6-4-8-17-14)10-18-15(16-2)19-11-13-7-5-9-21-13/h4,6,8,13H,3,5,7,9-11H2,1-2H3,(H2,16,18,19). The second-order valence-corrected chi connectivity index (χ2v) is 4.84. The van der Waals surface area contributed by atoms with E-state index in [0.717, 1.165) is 37.5 Å². The van der Waals surface area contributed by atoms with Gasteiger partial charge in [0.2, 0.25) is 5.88 Å². The number of aliphatic imine (C=N–C) groups is 1. The minimum absolute atomic E-state index is 0.293. The molecular weight excluding hydrogens is 268 g/mol. The molecule has 1 aliphatic heterocycles. The molecule has 0 radical (unpaired) electrons. The Bertz CT molecular complexity index is 459. The molecular formula is C15H24N4O2. The first-order valence-corrected chi connectivity index (χ1v) is 7.46. The summed E-state index contributed by atoms with van der Waals surface area (Å²) in [6.07, 6.45) is 4.28. The lowest BCUT2D eigenvalue weighted by molar-refractivity contribution is 0.114. The van der Waals surface area contributed by atoms with Crippen LogP contribution >= 0.6 is 0 Å². The number of rotatable bonds is 6. The van der Waals surface area contributed by atoms with Crippen LogP contribution in [0.1, 0.15) is 25.3 Å². The van der Waals surface area contributed by atoms with E-state index in [4.69, 9.17) is 9.47 Å². The highest BCUT2D eigenvalue weighted by atomic mass is 16.5. The van der Waals surface area contributed by atoms with Gasteiger partial charge in [-0.05, 0) is 25.8 Å². The second-order valence-electron chi connectivity index (χ2n) is 4.84. The SMILES string of the molecule is CCOc1ncccc1CNC(=NC)NCC1CCCO1. The van der Waals surface area contributed by atoms with Crippen LogP contribution in [0.15, 0.2) is 23.3 Å². The van der Waals surface area contributed by atoms with Crippen LogP contribution in [0.3, 0.4) is 0 Å². The smallest absolute Gasteiger partial charge is 0.218 e. The third-order valence-corrected chi connectivity index (χ3v) is 3.32. The van der Waals surface area contributed by atoms with Crippen LogP contribution in [0.2, 0.25) is 0 Å². The summed E-state index contributed by atoms with van der Waals surface area (Å²) in [7, 11) is 1.76. The number of hydrogen-bond donors (Lipinski definition) is 2. The molecule has 21 heavy (non-hydrogen) atoms. The Labute approximate surface area is 126 Å². The molecule has 6 heteroatoms. The van der Waals surface area contributed by atoms with Gasteiger partial charge in [0.25, 0.3) is 0 Å². The molecule has 1 fully saturated rings. The van der Waals surface area contributed by atoms with Crippen LogP contribution in [-0.2, 0) is 11.3 Å². The van der Waals surface area contributed by atoms with Crippen molar-refractivity contribution in [2.45, 2.75) is 32.4 Å². The molecule has 2 heterocycles. The lowest BCUT2D eigenvalue weighted by atomic mass is 10.2. The number of nitrogens with zero attached hydrogens (tertiary/aromatic N) is 2. The predicted octanol–water partition coefficient (Wildman–Crippen LogP) is 1.32. The van der Waals surface area contributed by atoms with E-state index in [1.54, 1.807) is 13.2 Å². The van der Waals surface area contributed by atoms with Gasteiger partial charge in [-0.3, -0.25) is 4.99 Å². The molecule has 6 nitrogen and oxygen atoms in total. The fourth-order valence-electron chi connectivity index (χ4n) is 2.24. The number of nitrogens with one attached hydrogen (secondary N) is 2. The van der Waals surface area contributed by atoms with Crippen molar-refractivity contribution >= 4 is 5.96 Å². The van der Waals surface area contributed by atoms with Gasteiger partial charge in [0.05, 0.1) is 12.7 Å². The molecule has 1 unspecified atom stereocenters. The summed E-state index contributed by atoms with van der Waals surface area (Å²) in [6, 6.07) is 3.90. The number of guanidine groups is 1. The van der Waals surface area contributed by atoms with Crippen LogP contribution in [0, 0.1) is 0 Å². The zero-order valence-corrected chi connectivity index (χ0v) is 12.8. The van der Waals surface area contributed by atoms with Crippen LogP contribution in [0.25, 0.3) is 0 Å². The molecule has 116 valence electrons. The summed E-state index contributed by atoms with van der Waals surface area (Å²) in [6.45, 7) is 4.83. The van der Waals surface area contributed by atoms with Crippen molar-refractivity contribution in [1.29, 1.82) is 0 Å². The van der Waals surface area contributed by atoms with Crippen LogP contribution in [0.5, 0.6) is 5.88 Å². The van der Waals surface area contributed by atoms with Crippen molar-refractivity contribution in [3.63, 3.8) is 0 Å². The normalized spacial score (nSPS) is 18.6. The van der Waals surface area contributed by atoms with E-state index >= 15 is 0 Å². The largest absolute Gasteiger partial charge is 0.478 e. The van der Waals surface area contributed by atoms with Gasteiger partial charge in [-0.15, -0.1) is 0 Å². The first-order chi connectivity index (χ1) is 10.3. The molecule has 0 saturated carbocycles. The van der Waals surface area contributed by atoms with Crippen molar-refractivity contribution in [2.24, 2.45) is 4.99 Å². The molecule has 2 N–H and O–H groups in total. The Kier molecular flexibility index (Phi) is 6.27. The number of aromatic nitrogens is 1. The van der Waals surface area contributed by atoms with Crippen molar-refractivity contribution in [2.75, 3.05) is 26.8 Å². The molecule has 1 saturated heterocycles. The van der Waals surface area contributed by atoms with Gasteiger partial charge in [-0.2, -0.15) is 0 Å². The highest BCUT2D eigenvalue weighted by Crippen LogP contribution is 2.13. The van der Waals surface area contributed by atoms with E-state index in [0.29, 0.717) is 25.1 Å². The fraction of sp³-hybridized carbons (Fsp3) is 0.600. The molecule has 0 aliphatic carbocycles. The van der Waals surface area contributed by atoms with Crippen LogP contribution < -0.4 is 15.4 Å². The average molecular weight is 292 g/mol. The third kappa shape index (κ3) is 4.90. The van der Waals surface area contributed by atoms with E-state index in [-0.39, 0.29) is 0 Å². The Balaban J connectivity index is 1.82. The zero-order valence-electron chi connectivity index (χ0n) is 12.8. The van der Waals surface area contributed by atoms with Gasteiger partial charge in [-0.25, -0.2) is 4.98 Å². The van der Waals surface area contributed by atoms with Gasteiger partial charge in [-0.1, -0.05) is 6.07 Å². The van der Waals surface area contributed by atoms with Crippen molar-refractivity contribution in [3.05, 3.63) is 23.9 Å². The Morgan fingerprint density at radius 1 is 1.52 bits per heavy atom. The molecule has 1 aromatic heterocycles. The van der Waals surface area contributed by atoms with Crippen molar-refractivity contribution < 1.29 is 9.47 Å². The monoisotopic (exact) mass is 292 g/mol. The van der Waals surface area contributed by atoms with Crippen molar-refractivity contribution in [1.82, 2.24) is 15.6 Å². The molecule has 0 spiro atoms. The molecule has 1 atom stereocenters. The van der Waals surface area contributed by atoms with E-state index in [1.807, 2.05) is 19.1 Å². The van der Waals surface area contributed by atoms with Gasteiger partial charge < -0.3 is 20.1 Å². The maximum atomic E-state index is 5.59. The molecule has 2 rings (SSSR count). The second kappa shape index (κ2) is 8.46. The van der Waals surface area contributed by atoms with E-state index < -0.39 is 0 Å². The van der Waals surface area contributed by atoms with Gasteiger partial charge in [0.15, 0.2) is 5.96 Å². The van der Waals surface area contributed by atoms with Crippen LogP contribution in [-0.4, -0.2) is 43.9 Å². The maximum absolute atomic E-state index is 5.59. The fourth-order valence-corrected chi connectivity index (χ4v) is 2.24. The maximum Gasteiger partial charge on any atom is 0.218 e. The third-order valence-electron chi connectivity index (χ3n) is 3.32. The van der Waals surface area contributed by atoms with Crippen LogP contribution in [0.4, 0.5) is 0 Å². The molecule has 1 aromatic rings. The summed E-state index contributed by atoms with van der Waals surface area (Å²) in [4.78, 5) is 8.46. The predicted molar refractivity (Wildman–Crippen MR) is 82.6 cm³/mol. The minimum atomic E-state index is 0.293. The first-order valence-electron chi connectivity index (χ1n) is 7.46. The van der Waals surface area contributed by atoms with Crippen molar-refractivity contribution in [3.8, 4) is 5.88 Å². The Hall–Kier alpha value is -1.82. The summed E-state index contributed by atoms with van der Waals surface area (Å²) >= 11 is 0. The Morgan fingerprint density at radius 2 is 2.43 bits per heavy atom. The molecule has 0 bridgehead atoms. The zero-order chi connectivity index (χ0) is 14.9. The Morgan fingerprint density at radius 3 is 3.14 bits per heavy atom. The number of hydrogen-bond acceptors (Lipinski definition) is 4. The number of ether oxygens (including phenoxy) is 2. The summed E-state index contributed by atoms with van der Waals surface area (Å²) < 4.78 is 11.1. The van der Waals surface area contributed by atoms with Gasteiger partial charge >= 0.3 is 0 Å². The molecule has 0 aromatic carbocycles. The average Bonchev–Trinajstić information content (AvgIpc) is 3.02. The number of pyridine rings is 1. The highest BCUT2D eigenvalue weighted by molar-refractivity contribution is 5.79. The van der Waals surface area contributed by atoms with Gasteiger partial charge in [0.1, 0.15) is 0 Å². The van der Waals surface area contributed by atoms with E-state index in [9.17, 15) is 0 Å². The minimum Gasteiger partial charge on any atom is -0.478 e. The summed E-state index contributed by atoms with van der Waals surface area (Å²) in [5.41, 5.74) is 1.01. The molecule has 0 amide bonds. The van der Waals surface area contributed by atoms with Gasteiger partial charge in [0, 0.05) is 38.5 Å².